The molecule has 186 valence electrons. The van der Waals surface area contributed by atoms with Crippen LogP contribution in [0.25, 0.3) is 5.57 Å². The molecule has 0 spiro atoms. The average Bonchev–Trinajstić information content (AvgIpc) is 3.27. The number of hydrogen-bond donors (Lipinski definition) is 1. The van der Waals surface area contributed by atoms with Crippen molar-refractivity contribution in [3.05, 3.63) is 63.5 Å². The summed E-state index contributed by atoms with van der Waals surface area (Å²) in [5.74, 6) is -2.19. The summed E-state index contributed by atoms with van der Waals surface area (Å²) in [5.41, 5.74) is 1.59. The largest absolute Gasteiger partial charge is 0.497 e. The van der Waals surface area contributed by atoms with E-state index >= 15 is 0 Å². The number of aliphatic carboxylic acids is 1. The van der Waals surface area contributed by atoms with Gasteiger partial charge in [0.05, 0.1) is 29.7 Å². The van der Waals surface area contributed by atoms with Crippen LogP contribution in [0.1, 0.15) is 17.5 Å². The van der Waals surface area contributed by atoms with Crippen molar-refractivity contribution in [1.82, 2.24) is 4.90 Å². The van der Waals surface area contributed by atoms with Crippen LogP contribution in [0.4, 0.5) is 5.69 Å². The highest BCUT2D eigenvalue weighted by Crippen LogP contribution is 2.45. The number of carbonyl (C=O) groups is 4. The molecule has 36 heavy (non-hydrogen) atoms. The summed E-state index contributed by atoms with van der Waals surface area (Å²) in [4.78, 5) is 52.5. The van der Waals surface area contributed by atoms with Gasteiger partial charge >= 0.3 is 11.9 Å². The minimum Gasteiger partial charge on any atom is -0.497 e. The number of thioether (sulfide) groups is 1. The second kappa shape index (κ2) is 10.7. The predicted octanol–water partition coefficient (Wildman–Crippen LogP) is 3.48. The van der Waals surface area contributed by atoms with Crippen molar-refractivity contribution in [1.29, 1.82) is 0 Å². The number of carboxylic acid groups (broad SMARTS) is 1. The summed E-state index contributed by atoms with van der Waals surface area (Å²) in [6.07, 6.45) is -0.294. The molecular weight excluding hydrogens is 528 g/mol. The molecule has 0 aliphatic carbocycles. The van der Waals surface area contributed by atoms with Crippen LogP contribution in [0.5, 0.6) is 5.75 Å². The fourth-order valence-electron chi connectivity index (χ4n) is 3.69. The number of halogens is 1. The summed E-state index contributed by atoms with van der Waals surface area (Å²) in [5, 5.41) is 9.30. The van der Waals surface area contributed by atoms with Crippen molar-refractivity contribution >= 4 is 74.9 Å². The lowest BCUT2D eigenvalue weighted by molar-refractivity contribution is -0.144. The molecule has 12 heteroatoms. The smallest absolute Gasteiger partial charge is 0.326 e. The van der Waals surface area contributed by atoms with Gasteiger partial charge in [-0.25, -0.2) is 0 Å². The van der Waals surface area contributed by atoms with E-state index in [1.54, 1.807) is 43.5 Å². The molecule has 0 saturated carbocycles. The molecule has 2 aliphatic heterocycles. The highest BCUT2D eigenvalue weighted by molar-refractivity contribution is 8.26. The van der Waals surface area contributed by atoms with E-state index in [-0.39, 0.29) is 40.9 Å². The summed E-state index contributed by atoms with van der Waals surface area (Å²) >= 11 is 12.3. The molecule has 0 bridgehead atoms. The number of esters is 1. The Hall–Kier alpha value is -3.41. The lowest BCUT2D eigenvalue weighted by atomic mass is 10.1. The molecule has 0 atom stereocenters. The number of thiocarbonyl (C=S) groups is 1. The van der Waals surface area contributed by atoms with Gasteiger partial charge in [-0.2, -0.15) is 0 Å². The molecule has 2 aliphatic rings. The molecule has 2 aromatic carbocycles. The molecule has 1 fully saturated rings. The molecule has 4 rings (SSSR count). The van der Waals surface area contributed by atoms with Gasteiger partial charge in [-0.15, -0.1) is 0 Å². The molecule has 1 N–H and O–H groups in total. The maximum atomic E-state index is 13.4. The van der Waals surface area contributed by atoms with Crippen molar-refractivity contribution in [2.24, 2.45) is 0 Å². The van der Waals surface area contributed by atoms with E-state index < -0.39 is 23.8 Å². The van der Waals surface area contributed by atoms with E-state index in [2.05, 4.69) is 0 Å². The van der Waals surface area contributed by atoms with Gasteiger partial charge < -0.3 is 14.6 Å². The average molecular weight is 547 g/mol. The van der Waals surface area contributed by atoms with Gasteiger partial charge in [0.1, 0.15) is 23.2 Å². The maximum Gasteiger partial charge on any atom is 0.326 e. The number of hydrogen-bond acceptors (Lipinski definition) is 8. The van der Waals surface area contributed by atoms with Gasteiger partial charge in [0.2, 0.25) is 0 Å². The summed E-state index contributed by atoms with van der Waals surface area (Å²) in [7, 11) is 1.55. The van der Waals surface area contributed by atoms with Crippen LogP contribution in [0, 0.1) is 0 Å². The third-order valence-electron chi connectivity index (χ3n) is 5.45. The Morgan fingerprint density at radius 3 is 2.47 bits per heavy atom. The number of benzene rings is 2. The first-order chi connectivity index (χ1) is 17.2. The van der Waals surface area contributed by atoms with Gasteiger partial charge in [-0.3, -0.25) is 29.0 Å². The first-order valence-electron chi connectivity index (χ1n) is 10.6. The quantitative estimate of drug-likeness (QED) is 0.302. The van der Waals surface area contributed by atoms with E-state index in [1.807, 2.05) is 0 Å². The van der Waals surface area contributed by atoms with Crippen LogP contribution in [0.3, 0.4) is 0 Å². The molecular formula is C24H19ClN2O7S2. The Bertz CT molecular complexity index is 1310. The van der Waals surface area contributed by atoms with E-state index in [9.17, 15) is 19.2 Å². The van der Waals surface area contributed by atoms with Crippen LogP contribution in [-0.4, -0.2) is 58.3 Å². The van der Waals surface area contributed by atoms with Gasteiger partial charge in [0.15, 0.2) is 0 Å². The monoisotopic (exact) mass is 546 g/mol. The number of amides is 2. The number of methoxy groups -OCH3 is 1. The molecule has 2 aromatic rings. The summed E-state index contributed by atoms with van der Waals surface area (Å²) < 4.78 is 10.6. The van der Waals surface area contributed by atoms with Crippen LogP contribution in [-0.2, 0) is 30.5 Å². The first-order valence-corrected chi connectivity index (χ1v) is 12.2. The van der Waals surface area contributed by atoms with Gasteiger partial charge in [0.25, 0.3) is 11.8 Å². The van der Waals surface area contributed by atoms with Crippen LogP contribution in [0.2, 0.25) is 5.02 Å². The molecule has 9 nitrogen and oxygen atoms in total. The number of nitrogens with zero attached hydrogens (tertiary/aromatic N) is 2. The zero-order valence-corrected chi connectivity index (χ0v) is 21.2. The topological polar surface area (TPSA) is 113 Å². The number of fused-ring (bicyclic) bond motifs is 1. The summed E-state index contributed by atoms with van der Waals surface area (Å²) in [6, 6.07) is 11.7. The Morgan fingerprint density at radius 1 is 1.08 bits per heavy atom. The van der Waals surface area contributed by atoms with Gasteiger partial charge in [-0.05, 0) is 35.9 Å². The summed E-state index contributed by atoms with van der Waals surface area (Å²) in [6.45, 7) is -0.491. The Kier molecular flexibility index (Phi) is 7.62. The third-order valence-corrected chi connectivity index (χ3v) is 7.13. The lowest BCUT2D eigenvalue weighted by Gasteiger charge is -2.16. The van der Waals surface area contributed by atoms with Gasteiger partial charge in [0, 0.05) is 17.1 Å². The van der Waals surface area contributed by atoms with E-state index in [1.165, 1.54) is 11.0 Å². The fraction of sp³-hybridized carbons (Fsp3) is 0.208. The van der Waals surface area contributed by atoms with Crippen molar-refractivity contribution < 1.29 is 33.8 Å². The number of anilines is 1. The second-order valence-corrected chi connectivity index (χ2v) is 9.81. The van der Waals surface area contributed by atoms with Crippen molar-refractivity contribution in [2.45, 2.75) is 13.0 Å². The number of rotatable bonds is 8. The molecule has 2 amide bonds. The maximum absolute atomic E-state index is 13.4. The molecule has 0 radical (unpaired) electrons. The zero-order chi connectivity index (χ0) is 26.0. The molecule has 0 unspecified atom stereocenters. The van der Waals surface area contributed by atoms with Crippen molar-refractivity contribution in [3.8, 4) is 5.75 Å². The Morgan fingerprint density at radius 2 is 1.81 bits per heavy atom. The fourth-order valence-corrected chi connectivity index (χ4v) is 5.24. The van der Waals surface area contributed by atoms with Gasteiger partial charge in [-0.1, -0.05) is 47.7 Å². The highest BCUT2D eigenvalue weighted by atomic mass is 35.5. The predicted molar refractivity (Wildman–Crippen MR) is 138 cm³/mol. The lowest BCUT2D eigenvalue weighted by Crippen LogP contribution is -2.34. The minimum atomic E-state index is -1.08. The van der Waals surface area contributed by atoms with Crippen molar-refractivity contribution in [2.75, 3.05) is 25.1 Å². The number of ether oxygens (including phenoxy) is 2. The standard InChI is InChI=1S/C24H19ClN2O7S2/c1-33-15-5-2-13(3-6-15)12-34-19(30)11-27-17-7-4-14(25)10-16(17)20(22(27)31)21-23(32)26(24(35)36-21)9-8-18(28)29/h2-7,10H,8-9,11-12H2,1H3,(H,28,29)/b21-20-. The van der Waals surface area contributed by atoms with E-state index in [0.717, 1.165) is 22.2 Å². The SMILES string of the molecule is COc1ccc(COC(=O)CN2C(=O)/C(=C3\SC(=S)N(CCC(=O)O)C3=O)c3cc(Cl)ccc32)cc1. The van der Waals surface area contributed by atoms with Crippen molar-refractivity contribution in [3.63, 3.8) is 0 Å². The Labute approximate surface area is 220 Å². The number of carbonyl (C=O) groups excluding carboxylic acids is 3. The highest BCUT2D eigenvalue weighted by Gasteiger charge is 2.42. The third kappa shape index (κ3) is 5.23. The normalized spacial score (nSPS) is 17.0. The Balaban J connectivity index is 1.56. The number of carboxylic acids is 1. The van der Waals surface area contributed by atoms with Crippen LogP contribution >= 0.6 is 35.6 Å². The minimum absolute atomic E-state index is 0.00737. The van der Waals surface area contributed by atoms with E-state index in [4.69, 9.17) is 38.4 Å². The zero-order valence-electron chi connectivity index (χ0n) is 18.9. The molecule has 0 aromatic heterocycles. The molecule has 1 saturated heterocycles. The second-order valence-electron chi connectivity index (χ2n) is 7.73. The molecule has 2 heterocycles. The van der Waals surface area contributed by atoms with E-state index in [0.29, 0.717) is 22.0 Å². The van der Waals surface area contributed by atoms with Crippen LogP contribution in [0.15, 0.2) is 47.4 Å². The first kappa shape index (κ1) is 25.7. The van der Waals surface area contributed by atoms with Crippen LogP contribution < -0.4 is 9.64 Å².